The van der Waals surface area contributed by atoms with Crippen molar-refractivity contribution in [3.05, 3.63) is 38.9 Å². The number of unbranched alkanes of at least 4 members (excludes halogenated alkanes) is 1. The van der Waals surface area contributed by atoms with Gasteiger partial charge in [0.25, 0.3) is 5.91 Å². The van der Waals surface area contributed by atoms with Crippen LogP contribution in [0, 0.1) is 5.92 Å². The minimum Gasteiger partial charge on any atom is -0.494 e. The SMILES string of the molecule is CCC1CCc2c(sc3cc(OCCCCC4NC(=O)NC4=O)ccc3c2=O)C1. The summed E-state index contributed by atoms with van der Waals surface area (Å²) < 4.78 is 6.86. The number of imide groups is 1. The third-order valence-electron chi connectivity index (χ3n) is 5.91. The van der Waals surface area contributed by atoms with Crippen LogP contribution in [-0.4, -0.2) is 24.6 Å². The molecular weight excluding hydrogens is 388 g/mol. The number of rotatable bonds is 7. The van der Waals surface area contributed by atoms with Gasteiger partial charge in [0.05, 0.1) is 6.61 Å². The van der Waals surface area contributed by atoms with Crippen LogP contribution in [0.4, 0.5) is 4.79 Å². The summed E-state index contributed by atoms with van der Waals surface area (Å²) in [7, 11) is 0. The van der Waals surface area contributed by atoms with Gasteiger partial charge < -0.3 is 10.1 Å². The van der Waals surface area contributed by atoms with Crippen LogP contribution in [0.25, 0.3) is 10.1 Å². The Labute approximate surface area is 173 Å². The number of fused-ring (bicyclic) bond motifs is 2. The number of amides is 3. The molecule has 1 saturated heterocycles. The van der Waals surface area contributed by atoms with Gasteiger partial charge in [0.15, 0.2) is 5.43 Å². The van der Waals surface area contributed by atoms with Crippen molar-refractivity contribution in [2.75, 3.05) is 6.61 Å². The summed E-state index contributed by atoms with van der Waals surface area (Å²) in [6, 6.07) is 4.87. The second-order valence-corrected chi connectivity index (χ2v) is 9.00. The molecular formula is C22H26N2O4S. The molecule has 4 rings (SSSR count). The molecule has 1 fully saturated rings. The summed E-state index contributed by atoms with van der Waals surface area (Å²) >= 11 is 1.73. The Morgan fingerprint density at radius 3 is 2.83 bits per heavy atom. The zero-order valence-corrected chi connectivity index (χ0v) is 17.4. The summed E-state index contributed by atoms with van der Waals surface area (Å²) in [6.07, 6.45) is 6.36. The van der Waals surface area contributed by atoms with Gasteiger partial charge in [-0.25, -0.2) is 4.79 Å². The maximum atomic E-state index is 12.9. The Hall–Kier alpha value is -2.41. The number of urea groups is 1. The molecule has 29 heavy (non-hydrogen) atoms. The van der Waals surface area contributed by atoms with E-state index in [-0.39, 0.29) is 11.3 Å². The average molecular weight is 415 g/mol. The number of hydrogen-bond donors (Lipinski definition) is 2. The van der Waals surface area contributed by atoms with Gasteiger partial charge in [0, 0.05) is 20.5 Å². The Bertz CT molecular complexity index is 1000. The molecule has 2 aromatic rings. The van der Waals surface area contributed by atoms with Crippen LogP contribution in [0.5, 0.6) is 5.75 Å². The quantitative estimate of drug-likeness (QED) is 0.536. The summed E-state index contributed by atoms with van der Waals surface area (Å²) in [5.74, 6) is 1.19. The highest BCUT2D eigenvalue weighted by molar-refractivity contribution is 7.18. The van der Waals surface area contributed by atoms with Gasteiger partial charge in [-0.05, 0) is 62.6 Å². The summed E-state index contributed by atoms with van der Waals surface area (Å²) in [4.78, 5) is 36.7. The molecule has 2 N–H and O–H groups in total. The summed E-state index contributed by atoms with van der Waals surface area (Å²) in [5.41, 5.74) is 1.20. The van der Waals surface area contributed by atoms with Crippen LogP contribution < -0.4 is 20.8 Å². The van der Waals surface area contributed by atoms with E-state index in [4.69, 9.17) is 4.74 Å². The van der Waals surface area contributed by atoms with Crippen molar-refractivity contribution in [1.29, 1.82) is 0 Å². The molecule has 1 aromatic carbocycles. The van der Waals surface area contributed by atoms with Crippen molar-refractivity contribution in [2.45, 2.75) is 57.9 Å². The second kappa shape index (κ2) is 8.53. The molecule has 1 aliphatic heterocycles. The molecule has 0 saturated carbocycles. The molecule has 2 unspecified atom stereocenters. The Morgan fingerprint density at radius 2 is 2.07 bits per heavy atom. The van der Waals surface area contributed by atoms with Crippen LogP contribution in [-0.2, 0) is 17.6 Å². The molecule has 6 nitrogen and oxygen atoms in total. The van der Waals surface area contributed by atoms with Gasteiger partial charge in [0.2, 0.25) is 0 Å². The second-order valence-electron chi connectivity index (χ2n) is 7.87. The molecule has 2 heterocycles. The largest absolute Gasteiger partial charge is 0.494 e. The van der Waals surface area contributed by atoms with Crippen molar-refractivity contribution in [2.24, 2.45) is 5.92 Å². The van der Waals surface area contributed by atoms with E-state index in [1.165, 1.54) is 4.88 Å². The van der Waals surface area contributed by atoms with E-state index in [9.17, 15) is 14.4 Å². The molecule has 0 spiro atoms. The highest BCUT2D eigenvalue weighted by Gasteiger charge is 2.28. The number of nitrogens with one attached hydrogen (secondary N) is 2. The van der Waals surface area contributed by atoms with Crippen molar-refractivity contribution >= 4 is 33.4 Å². The number of benzene rings is 1. The molecule has 0 radical (unpaired) electrons. The van der Waals surface area contributed by atoms with Crippen molar-refractivity contribution < 1.29 is 14.3 Å². The van der Waals surface area contributed by atoms with E-state index in [1.54, 1.807) is 11.3 Å². The van der Waals surface area contributed by atoms with Gasteiger partial charge in [0.1, 0.15) is 11.8 Å². The predicted molar refractivity (Wildman–Crippen MR) is 114 cm³/mol. The highest BCUT2D eigenvalue weighted by Crippen LogP contribution is 2.33. The van der Waals surface area contributed by atoms with E-state index in [1.807, 2.05) is 18.2 Å². The zero-order valence-electron chi connectivity index (χ0n) is 16.6. The summed E-state index contributed by atoms with van der Waals surface area (Å²) in [6.45, 7) is 2.75. The molecule has 3 amide bonds. The Balaban J connectivity index is 1.37. The van der Waals surface area contributed by atoms with Gasteiger partial charge in [-0.3, -0.25) is 14.9 Å². The molecule has 2 atom stereocenters. The average Bonchev–Trinajstić information content (AvgIpc) is 3.04. The third-order valence-corrected chi connectivity index (χ3v) is 7.13. The molecule has 154 valence electrons. The van der Waals surface area contributed by atoms with Crippen molar-refractivity contribution in [1.82, 2.24) is 10.6 Å². The van der Waals surface area contributed by atoms with Crippen LogP contribution in [0.15, 0.2) is 23.0 Å². The Kier molecular flexibility index (Phi) is 5.85. The van der Waals surface area contributed by atoms with Crippen LogP contribution in [0.1, 0.15) is 49.5 Å². The van der Waals surface area contributed by atoms with Gasteiger partial charge in [-0.2, -0.15) is 0 Å². The van der Waals surface area contributed by atoms with E-state index in [0.29, 0.717) is 18.9 Å². The maximum absolute atomic E-state index is 12.9. The highest BCUT2D eigenvalue weighted by atomic mass is 32.1. The van der Waals surface area contributed by atoms with Crippen LogP contribution >= 0.6 is 11.3 Å². The monoisotopic (exact) mass is 414 g/mol. The van der Waals surface area contributed by atoms with Gasteiger partial charge in [-0.15, -0.1) is 11.3 Å². The molecule has 7 heteroatoms. The zero-order chi connectivity index (χ0) is 20.4. The minimum atomic E-state index is -0.432. The number of carbonyl (C=O) groups is 2. The van der Waals surface area contributed by atoms with Crippen LogP contribution in [0.3, 0.4) is 0 Å². The first kappa shape index (κ1) is 19.9. The first-order valence-corrected chi connectivity index (χ1v) is 11.2. The fourth-order valence-corrected chi connectivity index (χ4v) is 5.48. The van der Waals surface area contributed by atoms with E-state index < -0.39 is 12.1 Å². The molecule has 1 aliphatic carbocycles. The lowest BCUT2D eigenvalue weighted by Gasteiger charge is -2.22. The van der Waals surface area contributed by atoms with E-state index in [2.05, 4.69) is 17.6 Å². The smallest absolute Gasteiger partial charge is 0.322 e. The third kappa shape index (κ3) is 4.29. The van der Waals surface area contributed by atoms with Crippen molar-refractivity contribution in [3.63, 3.8) is 0 Å². The topological polar surface area (TPSA) is 84.5 Å². The molecule has 2 aliphatic rings. The molecule has 0 bridgehead atoms. The number of carbonyl (C=O) groups excluding carboxylic acids is 2. The summed E-state index contributed by atoms with van der Waals surface area (Å²) in [5, 5.41) is 5.63. The number of hydrogen-bond acceptors (Lipinski definition) is 5. The lowest BCUT2D eigenvalue weighted by Crippen LogP contribution is -2.28. The van der Waals surface area contributed by atoms with E-state index >= 15 is 0 Å². The fraction of sp³-hybridized carbons (Fsp3) is 0.500. The Morgan fingerprint density at radius 1 is 1.21 bits per heavy atom. The number of ether oxygens (including phenoxy) is 1. The first-order chi connectivity index (χ1) is 14.0. The lowest BCUT2D eigenvalue weighted by molar-refractivity contribution is -0.120. The fourth-order valence-electron chi connectivity index (χ4n) is 4.13. The minimum absolute atomic E-state index is 0.187. The maximum Gasteiger partial charge on any atom is 0.322 e. The van der Waals surface area contributed by atoms with Gasteiger partial charge in [-0.1, -0.05) is 13.3 Å². The van der Waals surface area contributed by atoms with E-state index in [0.717, 1.165) is 59.9 Å². The van der Waals surface area contributed by atoms with Crippen LogP contribution in [0.2, 0.25) is 0 Å². The predicted octanol–water partition coefficient (Wildman–Crippen LogP) is 3.53. The normalized spacial score (nSPS) is 21.0. The first-order valence-electron chi connectivity index (χ1n) is 10.4. The van der Waals surface area contributed by atoms with Gasteiger partial charge >= 0.3 is 6.03 Å². The lowest BCUT2D eigenvalue weighted by atomic mass is 9.87. The van der Waals surface area contributed by atoms with Crippen molar-refractivity contribution in [3.8, 4) is 5.75 Å². The molecule has 1 aromatic heterocycles. The standard InChI is InChI=1S/C22H26N2O4S/c1-2-13-6-8-15-18(11-13)29-19-12-14(7-9-16(19)20(15)25)28-10-4-3-5-17-21(26)24-22(27)23-17/h7,9,12-13,17H,2-6,8,10-11H2,1H3,(H2,23,24,26,27).